The average molecular weight is 383 g/mol. The Balaban J connectivity index is 1.83. The third-order valence-electron chi connectivity index (χ3n) is 4.68. The Morgan fingerprint density at radius 3 is 2.56 bits per heavy atom. The van der Waals surface area contributed by atoms with Crippen LogP contribution in [0, 0.1) is 0 Å². The van der Waals surface area contributed by atoms with Gasteiger partial charge in [0.1, 0.15) is 11.4 Å². The van der Waals surface area contributed by atoms with Gasteiger partial charge < -0.3 is 9.47 Å². The highest BCUT2D eigenvalue weighted by atomic mass is 19.4. The van der Waals surface area contributed by atoms with E-state index in [-0.39, 0.29) is 23.9 Å². The molecule has 7 heteroatoms. The largest absolute Gasteiger partial charge is 0.573 e. The summed E-state index contributed by atoms with van der Waals surface area (Å²) >= 11 is 0. The third-order valence-corrected chi connectivity index (χ3v) is 4.68. The summed E-state index contributed by atoms with van der Waals surface area (Å²) in [5.41, 5.74) is 1.06. The van der Waals surface area contributed by atoms with E-state index in [1.165, 1.54) is 12.1 Å². The van der Waals surface area contributed by atoms with Crippen LogP contribution in [-0.2, 0) is 4.74 Å². The lowest BCUT2D eigenvalue weighted by molar-refractivity contribution is -0.274. The van der Waals surface area contributed by atoms with E-state index < -0.39 is 12.0 Å². The zero-order valence-corrected chi connectivity index (χ0v) is 15.7. The highest BCUT2D eigenvalue weighted by Crippen LogP contribution is 2.38. The van der Waals surface area contributed by atoms with Crippen molar-refractivity contribution >= 4 is 11.7 Å². The lowest BCUT2D eigenvalue weighted by Gasteiger charge is -2.45. The van der Waals surface area contributed by atoms with Gasteiger partial charge >= 0.3 is 12.5 Å². The van der Waals surface area contributed by atoms with E-state index in [9.17, 15) is 18.0 Å². The molecule has 0 radical (unpaired) electrons. The van der Waals surface area contributed by atoms with Crippen LogP contribution in [0.15, 0.2) is 30.3 Å². The fraction of sp³-hybridized carbons (Fsp3) is 0.550. The molecule has 1 aromatic carbocycles. The lowest BCUT2D eigenvalue weighted by atomic mass is 9.83. The Morgan fingerprint density at radius 1 is 1.19 bits per heavy atom. The molecule has 2 unspecified atom stereocenters. The Labute approximate surface area is 156 Å². The molecule has 2 bridgehead atoms. The van der Waals surface area contributed by atoms with Crippen LogP contribution in [-0.4, -0.2) is 35.0 Å². The van der Waals surface area contributed by atoms with Gasteiger partial charge in [-0.15, -0.1) is 13.2 Å². The highest BCUT2D eigenvalue weighted by molar-refractivity contribution is 5.75. The Bertz CT molecular complexity index is 737. The molecule has 0 aromatic heterocycles. The van der Waals surface area contributed by atoms with Crippen LogP contribution in [0.25, 0.3) is 5.57 Å². The van der Waals surface area contributed by atoms with Crippen molar-refractivity contribution in [1.82, 2.24) is 4.90 Å². The number of nitrogens with zero attached hydrogens (tertiary/aromatic N) is 1. The Morgan fingerprint density at radius 2 is 1.93 bits per heavy atom. The second-order valence-corrected chi connectivity index (χ2v) is 8.01. The zero-order chi connectivity index (χ0) is 19.8. The summed E-state index contributed by atoms with van der Waals surface area (Å²) in [5, 5.41) is 0. The minimum Gasteiger partial charge on any atom is -0.444 e. The monoisotopic (exact) mass is 383 g/mol. The number of fused-ring (bicyclic) bond motifs is 2. The van der Waals surface area contributed by atoms with Gasteiger partial charge in [0.15, 0.2) is 0 Å². The summed E-state index contributed by atoms with van der Waals surface area (Å²) in [5.74, 6) is -0.236. The summed E-state index contributed by atoms with van der Waals surface area (Å²) in [4.78, 5) is 14.4. The third kappa shape index (κ3) is 4.96. The molecular weight excluding hydrogens is 359 g/mol. The molecule has 148 valence electrons. The van der Waals surface area contributed by atoms with Crippen LogP contribution in [0.5, 0.6) is 5.75 Å². The molecular formula is C20H24F3NO3. The molecule has 1 amide bonds. The smallest absolute Gasteiger partial charge is 0.444 e. The van der Waals surface area contributed by atoms with Crippen molar-refractivity contribution in [3.63, 3.8) is 0 Å². The first-order chi connectivity index (χ1) is 12.5. The van der Waals surface area contributed by atoms with Gasteiger partial charge in [0.2, 0.25) is 0 Å². The van der Waals surface area contributed by atoms with Crippen LogP contribution < -0.4 is 4.74 Å². The van der Waals surface area contributed by atoms with Gasteiger partial charge in [-0.1, -0.05) is 18.2 Å². The summed E-state index contributed by atoms with van der Waals surface area (Å²) in [6.07, 6.45) is 0.197. The maximum Gasteiger partial charge on any atom is 0.573 e. The molecule has 2 atom stereocenters. The number of piperidine rings is 1. The van der Waals surface area contributed by atoms with Gasteiger partial charge in [-0.25, -0.2) is 4.79 Å². The molecule has 2 aliphatic rings. The maximum atomic E-state index is 12.6. The van der Waals surface area contributed by atoms with Gasteiger partial charge in [0.25, 0.3) is 0 Å². The summed E-state index contributed by atoms with van der Waals surface area (Å²) < 4.78 is 47.0. The van der Waals surface area contributed by atoms with Gasteiger partial charge in [-0.3, -0.25) is 4.90 Å². The number of carbonyl (C=O) groups is 1. The number of amides is 1. The highest BCUT2D eigenvalue weighted by Gasteiger charge is 2.39. The van der Waals surface area contributed by atoms with Crippen LogP contribution in [0.4, 0.5) is 18.0 Å². The second kappa shape index (κ2) is 7.09. The minimum atomic E-state index is -4.72. The van der Waals surface area contributed by atoms with Crippen molar-refractivity contribution in [3.05, 3.63) is 35.9 Å². The quantitative estimate of drug-likeness (QED) is 0.674. The number of alkyl halides is 3. The molecule has 0 N–H and O–H groups in total. The van der Waals surface area contributed by atoms with E-state index in [0.717, 1.165) is 24.8 Å². The molecule has 1 fully saturated rings. The Hall–Kier alpha value is -2.18. The standard InChI is InChI=1S/C20H24F3NO3/c1-19(2,3)27-18(25)24-15-7-5-8-16(24)11-14(10-15)13-6-4-9-17(12-13)26-20(21,22)23/h4,6,9-10,12,15-16H,5,7-8,11H2,1-3H3. The van der Waals surface area contributed by atoms with Crippen LogP contribution in [0.1, 0.15) is 52.0 Å². The molecule has 2 aliphatic heterocycles. The first kappa shape index (κ1) is 19.6. The number of hydrogen-bond donors (Lipinski definition) is 0. The first-order valence-corrected chi connectivity index (χ1v) is 9.10. The molecule has 4 nitrogen and oxygen atoms in total. The van der Waals surface area contributed by atoms with Crippen molar-refractivity contribution in [3.8, 4) is 5.75 Å². The van der Waals surface area contributed by atoms with E-state index in [2.05, 4.69) is 4.74 Å². The topological polar surface area (TPSA) is 38.8 Å². The number of hydrogen-bond acceptors (Lipinski definition) is 3. The van der Waals surface area contributed by atoms with Crippen molar-refractivity contribution in [1.29, 1.82) is 0 Å². The molecule has 0 saturated carbocycles. The maximum absolute atomic E-state index is 12.6. The van der Waals surface area contributed by atoms with Crippen molar-refractivity contribution in [2.75, 3.05) is 0 Å². The lowest BCUT2D eigenvalue weighted by Crippen LogP contribution is -2.53. The van der Waals surface area contributed by atoms with Gasteiger partial charge in [-0.2, -0.15) is 0 Å². The second-order valence-electron chi connectivity index (χ2n) is 8.01. The predicted molar refractivity (Wildman–Crippen MR) is 95.2 cm³/mol. The SMILES string of the molecule is CC(C)(C)OC(=O)N1C2C=C(c3cccc(OC(F)(F)F)c3)CC1CCC2. The summed E-state index contributed by atoms with van der Waals surface area (Å²) in [7, 11) is 0. The minimum absolute atomic E-state index is 0.00853. The van der Waals surface area contributed by atoms with Crippen molar-refractivity contribution < 1.29 is 27.4 Å². The van der Waals surface area contributed by atoms with E-state index in [0.29, 0.717) is 12.0 Å². The number of carbonyl (C=O) groups excluding carboxylic acids is 1. The number of rotatable bonds is 2. The summed E-state index contributed by atoms with van der Waals surface area (Å²) in [6.45, 7) is 5.49. The average Bonchev–Trinajstić information content (AvgIpc) is 2.50. The number of ether oxygens (including phenoxy) is 2. The fourth-order valence-corrected chi connectivity index (χ4v) is 3.74. The molecule has 0 spiro atoms. The van der Waals surface area contributed by atoms with Gasteiger partial charge in [-0.05, 0) is 69.7 Å². The van der Waals surface area contributed by atoms with Crippen molar-refractivity contribution in [2.45, 2.75) is 70.5 Å². The van der Waals surface area contributed by atoms with Crippen molar-refractivity contribution in [2.24, 2.45) is 0 Å². The normalized spacial score (nSPS) is 22.9. The predicted octanol–water partition coefficient (Wildman–Crippen LogP) is 5.53. The number of benzene rings is 1. The molecule has 27 heavy (non-hydrogen) atoms. The van der Waals surface area contributed by atoms with Crippen LogP contribution in [0.3, 0.4) is 0 Å². The van der Waals surface area contributed by atoms with Crippen LogP contribution >= 0.6 is 0 Å². The first-order valence-electron chi connectivity index (χ1n) is 9.10. The Kier molecular flexibility index (Phi) is 5.14. The van der Waals surface area contributed by atoms with E-state index >= 15 is 0 Å². The summed E-state index contributed by atoms with van der Waals surface area (Å²) in [6, 6.07) is 5.90. The zero-order valence-electron chi connectivity index (χ0n) is 15.7. The number of halogens is 3. The van der Waals surface area contributed by atoms with E-state index in [1.54, 1.807) is 17.0 Å². The molecule has 3 rings (SSSR count). The van der Waals surface area contributed by atoms with Gasteiger partial charge in [0.05, 0.1) is 6.04 Å². The fourth-order valence-electron chi connectivity index (χ4n) is 3.74. The van der Waals surface area contributed by atoms with E-state index in [1.807, 2.05) is 26.8 Å². The van der Waals surface area contributed by atoms with E-state index in [4.69, 9.17) is 4.74 Å². The van der Waals surface area contributed by atoms with Gasteiger partial charge in [0, 0.05) is 6.04 Å². The molecule has 0 aliphatic carbocycles. The molecule has 1 aromatic rings. The van der Waals surface area contributed by atoms with Crippen LogP contribution in [0.2, 0.25) is 0 Å². The molecule has 2 heterocycles. The molecule has 1 saturated heterocycles.